The highest BCUT2D eigenvalue weighted by Crippen LogP contribution is 2.34. The first-order valence-electron chi connectivity index (χ1n) is 7.67. The molecule has 0 aliphatic carbocycles. The third kappa shape index (κ3) is 3.78. The Morgan fingerprint density at radius 1 is 1.21 bits per heavy atom. The molecule has 0 spiro atoms. The van der Waals surface area contributed by atoms with Crippen LogP contribution in [-0.2, 0) is 11.4 Å². The lowest BCUT2D eigenvalue weighted by Crippen LogP contribution is -2.31. The summed E-state index contributed by atoms with van der Waals surface area (Å²) in [6, 6.07) is 12.4. The van der Waals surface area contributed by atoms with Crippen LogP contribution >= 0.6 is 0 Å². The van der Waals surface area contributed by atoms with E-state index in [9.17, 15) is 4.79 Å². The molecule has 1 aliphatic rings. The van der Waals surface area contributed by atoms with Crippen LogP contribution in [-0.4, -0.2) is 24.4 Å². The largest absolute Gasteiger partial charge is 0.484 e. The van der Waals surface area contributed by atoms with Gasteiger partial charge in [-0.15, -0.1) is 0 Å². The summed E-state index contributed by atoms with van der Waals surface area (Å²) in [6.07, 6.45) is 0. The van der Waals surface area contributed by atoms with Gasteiger partial charge in [-0.25, -0.2) is 0 Å². The van der Waals surface area contributed by atoms with Crippen LogP contribution in [0.3, 0.4) is 0 Å². The van der Waals surface area contributed by atoms with Crippen molar-refractivity contribution in [3.05, 3.63) is 53.6 Å². The van der Waals surface area contributed by atoms with Gasteiger partial charge in [0.2, 0.25) is 6.79 Å². The molecule has 0 unspecified atom stereocenters. The van der Waals surface area contributed by atoms with Gasteiger partial charge in [-0.2, -0.15) is 0 Å². The van der Waals surface area contributed by atoms with Gasteiger partial charge >= 0.3 is 0 Å². The predicted octanol–water partition coefficient (Wildman–Crippen LogP) is 2.16. The van der Waals surface area contributed by atoms with Crippen LogP contribution in [0.4, 0.5) is 0 Å². The number of hydrogen-bond acceptors (Lipinski definition) is 5. The van der Waals surface area contributed by atoms with Gasteiger partial charge in [-0.3, -0.25) is 4.79 Å². The molecule has 24 heavy (non-hydrogen) atoms. The molecule has 2 aromatic rings. The van der Waals surface area contributed by atoms with Crippen molar-refractivity contribution in [1.82, 2.24) is 5.32 Å². The lowest BCUT2D eigenvalue weighted by Gasteiger charge is -2.15. The summed E-state index contributed by atoms with van der Waals surface area (Å²) in [5.74, 6) is 1.77. The molecule has 1 amide bonds. The lowest BCUT2D eigenvalue weighted by molar-refractivity contribution is -0.123. The standard InChI is InChI=1S/C18H19NO5/c1-12(14-4-7-16-17(8-14)24-11-23-16)19-18(21)10-22-15-5-2-13(9-20)3-6-15/h2-8,12,20H,9-11H2,1H3,(H,19,21)/t12-/m0/s1. The number of aliphatic hydroxyl groups excluding tert-OH is 1. The minimum Gasteiger partial charge on any atom is -0.484 e. The van der Waals surface area contributed by atoms with Gasteiger partial charge in [-0.05, 0) is 42.3 Å². The maximum atomic E-state index is 12.0. The first-order chi connectivity index (χ1) is 11.7. The second kappa shape index (κ2) is 7.23. The normalized spacial score (nSPS) is 13.4. The zero-order valence-corrected chi connectivity index (χ0v) is 13.3. The number of fused-ring (bicyclic) bond motifs is 1. The molecule has 3 rings (SSSR count). The molecule has 0 aromatic heterocycles. The highest BCUT2D eigenvalue weighted by atomic mass is 16.7. The average molecular weight is 329 g/mol. The van der Waals surface area contributed by atoms with Gasteiger partial charge in [0.15, 0.2) is 18.1 Å². The molecule has 6 nitrogen and oxygen atoms in total. The van der Waals surface area contributed by atoms with Crippen molar-refractivity contribution in [3.8, 4) is 17.2 Å². The first kappa shape index (κ1) is 16.1. The van der Waals surface area contributed by atoms with Crippen molar-refractivity contribution < 1.29 is 24.1 Å². The second-order valence-corrected chi connectivity index (χ2v) is 5.49. The Morgan fingerprint density at radius 2 is 1.96 bits per heavy atom. The molecule has 126 valence electrons. The van der Waals surface area contributed by atoms with Gasteiger partial charge in [-0.1, -0.05) is 18.2 Å². The van der Waals surface area contributed by atoms with Crippen LogP contribution in [0.15, 0.2) is 42.5 Å². The van der Waals surface area contributed by atoms with Crippen LogP contribution in [0.5, 0.6) is 17.2 Å². The maximum Gasteiger partial charge on any atom is 0.258 e. The van der Waals surface area contributed by atoms with E-state index in [0.717, 1.165) is 11.1 Å². The summed E-state index contributed by atoms with van der Waals surface area (Å²) in [4.78, 5) is 12.0. The number of ether oxygens (including phenoxy) is 3. The zero-order valence-electron chi connectivity index (χ0n) is 13.3. The topological polar surface area (TPSA) is 77.0 Å². The van der Waals surface area contributed by atoms with Crippen LogP contribution in [0.25, 0.3) is 0 Å². The van der Waals surface area contributed by atoms with Crippen molar-refractivity contribution in [3.63, 3.8) is 0 Å². The summed E-state index contributed by atoms with van der Waals surface area (Å²) in [5, 5.41) is 11.9. The van der Waals surface area contributed by atoms with Crippen LogP contribution < -0.4 is 19.5 Å². The third-order valence-electron chi connectivity index (χ3n) is 3.75. The summed E-state index contributed by atoms with van der Waals surface area (Å²) in [7, 11) is 0. The van der Waals surface area contributed by atoms with E-state index in [-0.39, 0.29) is 32.0 Å². The Labute approximate surface area is 140 Å². The molecule has 0 saturated carbocycles. The minimum absolute atomic E-state index is 0.0200. The molecule has 1 aliphatic heterocycles. The molecule has 1 heterocycles. The molecule has 0 saturated heterocycles. The third-order valence-corrected chi connectivity index (χ3v) is 3.75. The maximum absolute atomic E-state index is 12.0. The average Bonchev–Trinajstić information content (AvgIpc) is 3.08. The summed E-state index contributed by atoms with van der Waals surface area (Å²) < 4.78 is 16.1. The van der Waals surface area contributed by atoms with Gasteiger partial charge < -0.3 is 24.6 Å². The summed E-state index contributed by atoms with van der Waals surface area (Å²) in [6.45, 7) is 2.02. The molecule has 1 atom stereocenters. The lowest BCUT2D eigenvalue weighted by atomic mass is 10.1. The van der Waals surface area contributed by atoms with E-state index >= 15 is 0 Å². The molecule has 2 aromatic carbocycles. The summed E-state index contributed by atoms with van der Waals surface area (Å²) >= 11 is 0. The highest BCUT2D eigenvalue weighted by molar-refractivity contribution is 5.78. The number of carbonyl (C=O) groups is 1. The molecular formula is C18H19NO5. The van der Waals surface area contributed by atoms with Gasteiger partial charge in [0.05, 0.1) is 12.6 Å². The van der Waals surface area contributed by atoms with Crippen molar-refractivity contribution in [1.29, 1.82) is 0 Å². The van der Waals surface area contributed by atoms with Crippen LogP contribution in [0, 0.1) is 0 Å². The number of aliphatic hydroxyl groups is 1. The summed E-state index contributed by atoms with van der Waals surface area (Å²) in [5.41, 5.74) is 1.73. The van der Waals surface area contributed by atoms with Crippen molar-refractivity contribution in [2.75, 3.05) is 13.4 Å². The Bertz CT molecular complexity index is 714. The Kier molecular flexibility index (Phi) is 4.86. The van der Waals surface area contributed by atoms with E-state index in [0.29, 0.717) is 17.2 Å². The number of rotatable bonds is 6. The van der Waals surface area contributed by atoms with Gasteiger partial charge in [0.25, 0.3) is 5.91 Å². The highest BCUT2D eigenvalue weighted by Gasteiger charge is 2.17. The second-order valence-electron chi connectivity index (χ2n) is 5.49. The molecular weight excluding hydrogens is 310 g/mol. The van der Waals surface area contributed by atoms with Crippen molar-refractivity contribution in [2.24, 2.45) is 0 Å². The molecule has 0 radical (unpaired) electrons. The van der Waals surface area contributed by atoms with Gasteiger partial charge in [0, 0.05) is 0 Å². The Hall–Kier alpha value is -2.73. The minimum atomic E-state index is -0.216. The molecule has 0 bridgehead atoms. The van der Waals surface area contributed by atoms with E-state index in [2.05, 4.69) is 5.32 Å². The number of nitrogens with one attached hydrogen (secondary N) is 1. The predicted molar refractivity (Wildman–Crippen MR) is 87.0 cm³/mol. The van der Waals surface area contributed by atoms with Gasteiger partial charge in [0.1, 0.15) is 5.75 Å². The number of benzene rings is 2. The van der Waals surface area contributed by atoms with E-state index < -0.39 is 0 Å². The van der Waals surface area contributed by atoms with E-state index in [4.69, 9.17) is 19.3 Å². The monoisotopic (exact) mass is 329 g/mol. The zero-order chi connectivity index (χ0) is 16.9. The fourth-order valence-electron chi connectivity index (χ4n) is 2.39. The number of amides is 1. The van der Waals surface area contributed by atoms with Crippen LogP contribution in [0.1, 0.15) is 24.1 Å². The fraction of sp³-hybridized carbons (Fsp3) is 0.278. The van der Waals surface area contributed by atoms with E-state index in [1.54, 1.807) is 24.3 Å². The first-order valence-corrected chi connectivity index (χ1v) is 7.67. The Balaban J connectivity index is 1.52. The SMILES string of the molecule is C[C@H](NC(=O)COc1ccc(CO)cc1)c1ccc2c(c1)OCO2. The molecule has 0 fully saturated rings. The fourth-order valence-corrected chi connectivity index (χ4v) is 2.39. The van der Waals surface area contributed by atoms with E-state index in [1.165, 1.54) is 0 Å². The van der Waals surface area contributed by atoms with Crippen molar-refractivity contribution >= 4 is 5.91 Å². The van der Waals surface area contributed by atoms with E-state index in [1.807, 2.05) is 25.1 Å². The number of hydrogen-bond donors (Lipinski definition) is 2. The molecule has 6 heteroatoms. The number of carbonyl (C=O) groups excluding carboxylic acids is 1. The van der Waals surface area contributed by atoms with Crippen LogP contribution in [0.2, 0.25) is 0 Å². The quantitative estimate of drug-likeness (QED) is 0.849. The van der Waals surface area contributed by atoms with Crippen molar-refractivity contribution in [2.45, 2.75) is 19.6 Å². The smallest absolute Gasteiger partial charge is 0.258 e. The Morgan fingerprint density at radius 3 is 2.71 bits per heavy atom. The molecule has 2 N–H and O–H groups in total.